The van der Waals surface area contributed by atoms with Crippen LogP contribution in [-0.4, -0.2) is 27.1 Å². The average Bonchev–Trinajstić information content (AvgIpc) is 2.76. The average molecular weight is 443 g/mol. The van der Waals surface area contributed by atoms with E-state index in [9.17, 15) is 13.2 Å². The van der Waals surface area contributed by atoms with E-state index in [0.29, 0.717) is 11.5 Å². The standard InChI is InChI=1S/C25H34N2O3S/c1-4-22-12-8-9-19(2)24(22)27(31(3,29)30)18-21-13-15-23(16-14-21)25(28)26-17-20-10-6-5-7-11-20/h8-9,12-16,20H,4-7,10-11,17-18H2,1-3H3,(H,26,28). The maximum atomic E-state index is 12.6. The van der Waals surface area contributed by atoms with E-state index < -0.39 is 10.0 Å². The van der Waals surface area contributed by atoms with Gasteiger partial charge >= 0.3 is 0 Å². The number of aryl methyl sites for hydroxylation is 2. The summed E-state index contributed by atoms with van der Waals surface area (Å²) in [6, 6.07) is 13.1. The number of sulfonamides is 1. The van der Waals surface area contributed by atoms with Crippen molar-refractivity contribution < 1.29 is 13.2 Å². The number of nitrogens with one attached hydrogen (secondary N) is 1. The Morgan fingerprint density at radius 1 is 1.06 bits per heavy atom. The third-order valence-corrected chi connectivity index (χ3v) is 7.28. The first-order chi connectivity index (χ1) is 14.8. The SMILES string of the molecule is CCc1cccc(C)c1N(Cc1ccc(C(=O)NCC2CCCCC2)cc1)S(C)(=O)=O. The van der Waals surface area contributed by atoms with Crippen LogP contribution >= 0.6 is 0 Å². The second kappa shape index (κ2) is 10.3. The van der Waals surface area contributed by atoms with Crippen LogP contribution in [0.2, 0.25) is 0 Å². The van der Waals surface area contributed by atoms with Gasteiger partial charge < -0.3 is 5.32 Å². The smallest absolute Gasteiger partial charge is 0.251 e. The van der Waals surface area contributed by atoms with Crippen LogP contribution < -0.4 is 9.62 Å². The minimum absolute atomic E-state index is 0.0655. The number of benzene rings is 2. The van der Waals surface area contributed by atoms with E-state index in [1.54, 1.807) is 12.1 Å². The fourth-order valence-corrected chi connectivity index (χ4v) is 5.36. The van der Waals surface area contributed by atoms with Crippen LogP contribution in [0.3, 0.4) is 0 Å². The lowest BCUT2D eigenvalue weighted by atomic mass is 9.89. The van der Waals surface area contributed by atoms with Crippen LogP contribution in [-0.2, 0) is 23.0 Å². The molecule has 0 spiro atoms. The molecule has 168 valence electrons. The summed E-state index contributed by atoms with van der Waals surface area (Å²) >= 11 is 0. The molecular weight excluding hydrogens is 408 g/mol. The Hall–Kier alpha value is -2.34. The first kappa shape index (κ1) is 23.3. The van der Waals surface area contributed by atoms with Crippen LogP contribution in [0.5, 0.6) is 0 Å². The van der Waals surface area contributed by atoms with E-state index in [2.05, 4.69) is 5.32 Å². The summed E-state index contributed by atoms with van der Waals surface area (Å²) in [5, 5.41) is 3.06. The highest BCUT2D eigenvalue weighted by molar-refractivity contribution is 7.92. The second-order valence-electron chi connectivity index (χ2n) is 8.62. The Labute approximate surface area is 186 Å². The highest BCUT2D eigenvalue weighted by Crippen LogP contribution is 2.29. The zero-order valence-electron chi connectivity index (χ0n) is 18.9. The Bertz CT molecular complexity index is 994. The molecule has 0 radical (unpaired) electrons. The lowest BCUT2D eigenvalue weighted by Crippen LogP contribution is -2.31. The predicted octanol–water partition coefficient (Wildman–Crippen LogP) is 4.83. The zero-order valence-corrected chi connectivity index (χ0v) is 19.7. The van der Waals surface area contributed by atoms with Crippen LogP contribution in [0.1, 0.15) is 66.1 Å². The van der Waals surface area contributed by atoms with E-state index in [4.69, 9.17) is 0 Å². The molecule has 1 aliphatic carbocycles. The molecule has 3 rings (SSSR count). The molecule has 1 saturated carbocycles. The van der Waals surface area contributed by atoms with Crippen molar-refractivity contribution in [2.24, 2.45) is 5.92 Å². The van der Waals surface area contributed by atoms with Crippen molar-refractivity contribution in [3.05, 3.63) is 64.7 Å². The molecule has 0 atom stereocenters. The minimum atomic E-state index is -3.46. The van der Waals surface area contributed by atoms with Crippen molar-refractivity contribution in [2.45, 2.75) is 58.9 Å². The molecule has 0 heterocycles. The van der Waals surface area contributed by atoms with Gasteiger partial charge in [-0.15, -0.1) is 0 Å². The summed E-state index contributed by atoms with van der Waals surface area (Å²) in [6.45, 7) is 4.93. The Kier molecular flexibility index (Phi) is 7.76. The number of anilines is 1. The zero-order chi connectivity index (χ0) is 22.4. The number of nitrogens with zero attached hydrogens (tertiary/aromatic N) is 1. The van der Waals surface area contributed by atoms with Crippen molar-refractivity contribution in [1.29, 1.82) is 0 Å². The molecule has 1 aliphatic rings. The Morgan fingerprint density at radius 2 is 1.74 bits per heavy atom. The van der Waals surface area contributed by atoms with Gasteiger partial charge in [0.2, 0.25) is 10.0 Å². The topological polar surface area (TPSA) is 66.5 Å². The fourth-order valence-electron chi connectivity index (χ4n) is 4.38. The summed E-state index contributed by atoms with van der Waals surface area (Å²) in [7, 11) is -3.46. The van der Waals surface area contributed by atoms with Gasteiger partial charge in [0.15, 0.2) is 0 Å². The highest BCUT2D eigenvalue weighted by Gasteiger charge is 2.22. The van der Waals surface area contributed by atoms with Crippen molar-refractivity contribution in [2.75, 3.05) is 17.1 Å². The van der Waals surface area contributed by atoms with Gasteiger partial charge in [-0.05, 0) is 60.9 Å². The molecule has 2 aromatic rings. The maximum absolute atomic E-state index is 12.6. The van der Waals surface area contributed by atoms with Gasteiger partial charge in [0.05, 0.1) is 18.5 Å². The number of hydrogen-bond acceptors (Lipinski definition) is 3. The summed E-state index contributed by atoms with van der Waals surface area (Å²) in [4.78, 5) is 12.5. The lowest BCUT2D eigenvalue weighted by molar-refractivity contribution is 0.0943. The largest absolute Gasteiger partial charge is 0.352 e. The predicted molar refractivity (Wildman–Crippen MR) is 127 cm³/mol. The van der Waals surface area contributed by atoms with E-state index in [1.165, 1.54) is 42.7 Å². The van der Waals surface area contributed by atoms with Gasteiger partial charge in [-0.1, -0.05) is 56.5 Å². The van der Waals surface area contributed by atoms with Crippen molar-refractivity contribution >= 4 is 21.6 Å². The third kappa shape index (κ3) is 6.10. The molecule has 6 heteroatoms. The van der Waals surface area contributed by atoms with Gasteiger partial charge in [-0.2, -0.15) is 0 Å². The second-order valence-corrected chi connectivity index (χ2v) is 10.5. The van der Waals surface area contributed by atoms with E-state index >= 15 is 0 Å². The Morgan fingerprint density at radius 3 is 2.35 bits per heavy atom. The van der Waals surface area contributed by atoms with Gasteiger partial charge in [0.1, 0.15) is 0 Å². The molecule has 2 aromatic carbocycles. The molecule has 31 heavy (non-hydrogen) atoms. The molecule has 0 bridgehead atoms. The lowest BCUT2D eigenvalue weighted by Gasteiger charge is -2.27. The van der Waals surface area contributed by atoms with E-state index in [0.717, 1.165) is 35.3 Å². The number of rotatable bonds is 8. The molecule has 0 saturated heterocycles. The monoisotopic (exact) mass is 442 g/mol. The number of carbonyl (C=O) groups excluding carboxylic acids is 1. The quantitative estimate of drug-likeness (QED) is 0.636. The first-order valence-electron chi connectivity index (χ1n) is 11.2. The van der Waals surface area contributed by atoms with Crippen LogP contribution in [0.4, 0.5) is 5.69 Å². The van der Waals surface area contributed by atoms with Gasteiger partial charge in [0, 0.05) is 12.1 Å². The van der Waals surface area contributed by atoms with E-state index in [-0.39, 0.29) is 12.5 Å². The molecule has 1 fully saturated rings. The van der Waals surface area contributed by atoms with E-state index in [1.807, 2.05) is 44.2 Å². The van der Waals surface area contributed by atoms with Gasteiger partial charge in [0.25, 0.3) is 5.91 Å². The maximum Gasteiger partial charge on any atom is 0.251 e. The number of carbonyl (C=O) groups is 1. The fraction of sp³-hybridized carbons (Fsp3) is 0.480. The molecule has 0 unspecified atom stereocenters. The van der Waals surface area contributed by atoms with Crippen LogP contribution in [0.15, 0.2) is 42.5 Å². The van der Waals surface area contributed by atoms with Gasteiger partial charge in [-0.3, -0.25) is 9.10 Å². The molecule has 0 aromatic heterocycles. The van der Waals surface area contributed by atoms with Crippen molar-refractivity contribution in [3.8, 4) is 0 Å². The molecular formula is C25H34N2O3S. The van der Waals surface area contributed by atoms with Gasteiger partial charge in [-0.25, -0.2) is 8.42 Å². The number of amides is 1. The summed E-state index contributed by atoms with van der Waals surface area (Å²) in [6.07, 6.45) is 8.20. The normalized spacial score (nSPS) is 14.9. The summed E-state index contributed by atoms with van der Waals surface area (Å²) in [5.41, 5.74) is 4.14. The van der Waals surface area contributed by atoms with Crippen molar-refractivity contribution in [1.82, 2.24) is 5.32 Å². The van der Waals surface area contributed by atoms with Crippen molar-refractivity contribution in [3.63, 3.8) is 0 Å². The minimum Gasteiger partial charge on any atom is -0.352 e. The summed E-state index contributed by atoms with van der Waals surface area (Å²) in [5.74, 6) is 0.520. The number of hydrogen-bond donors (Lipinski definition) is 1. The Balaban J connectivity index is 1.73. The molecule has 0 aliphatic heterocycles. The highest BCUT2D eigenvalue weighted by atomic mass is 32.2. The van der Waals surface area contributed by atoms with Crippen LogP contribution in [0.25, 0.3) is 0 Å². The first-order valence-corrected chi connectivity index (χ1v) is 13.1. The number of para-hydroxylation sites is 1. The summed E-state index contributed by atoms with van der Waals surface area (Å²) < 4.78 is 26.7. The molecule has 1 amide bonds. The third-order valence-electron chi connectivity index (χ3n) is 6.17. The molecule has 5 nitrogen and oxygen atoms in total. The molecule has 1 N–H and O–H groups in total. The van der Waals surface area contributed by atoms with Crippen LogP contribution in [0, 0.1) is 12.8 Å².